The van der Waals surface area contributed by atoms with E-state index in [1.165, 1.54) is 47.7 Å². The molecule has 0 N–H and O–H groups in total. The molecule has 2 heterocycles. The Hall–Kier alpha value is -2.40. The van der Waals surface area contributed by atoms with Crippen molar-refractivity contribution in [3.05, 3.63) is 51.8 Å². The van der Waals surface area contributed by atoms with Gasteiger partial charge in [-0.3, -0.25) is 4.79 Å². The predicted molar refractivity (Wildman–Crippen MR) is 114 cm³/mol. The summed E-state index contributed by atoms with van der Waals surface area (Å²) in [4.78, 5) is 14.8. The maximum absolute atomic E-state index is 13.5. The van der Waals surface area contributed by atoms with Gasteiger partial charge in [0.15, 0.2) is 11.5 Å². The zero-order chi connectivity index (χ0) is 23.0. The molecule has 2 aliphatic heterocycles. The van der Waals surface area contributed by atoms with Crippen LogP contribution in [0.15, 0.2) is 29.2 Å². The molecule has 8 nitrogen and oxygen atoms in total. The molecule has 32 heavy (non-hydrogen) atoms. The molecular formula is C21H22ClFN2O6S. The first-order chi connectivity index (χ1) is 15.3. The Bertz CT molecular complexity index is 1170. The van der Waals surface area contributed by atoms with Crippen molar-refractivity contribution in [2.75, 3.05) is 40.5 Å². The first kappa shape index (κ1) is 22.8. The summed E-state index contributed by atoms with van der Waals surface area (Å²) in [6, 6.07) is 5.59. The third-order valence-corrected chi connectivity index (χ3v) is 7.79. The van der Waals surface area contributed by atoms with E-state index < -0.39 is 21.7 Å². The lowest BCUT2D eigenvalue weighted by molar-refractivity contribution is 0.0730. The lowest BCUT2D eigenvalue weighted by Gasteiger charge is -2.27. The Labute approximate surface area is 190 Å². The normalized spacial score (nSPS) is 16.9. The SMILES string of the molecule is COc1cc(S(=O)(=O)N2CCOCC2)c2c(c1OC)C(=O)N(Cc1ccc(F)c(Cl)c1)C2. The van der Waals surface area contributed by atoms with Crippen LogP contribution in [0, 0.1) is 5.82 Å². The first-order valence-electron chi connectivity index (χ1n) is 9.87. The fourth-order valence-electron chi connectivity index (χ4n) is 3.96. The zero-order valence-corrected chi connectivity index (χ0v) is 19.1. The van der Waals surface area contributed by atoms with E-state index in [1.54, 1.807) is 0 Å². The van der Waals surface area contributed by atoms with Crippen LogP contribution in [0.2, 0.25) is 5.02 Å². The lowest BCUT2D eigenvalue weighted by Crippen LogP contribution is -2.41. The minimum absolute atomic E-state index is 0.0000357. The van der Waals surface area contributed by atoms with Gasteiger partial charge in [-0.25, -0.2) is 12.8 Å². The van der Waals surface area contributed by atoms with Gasteiger partial charge in [0, 0.05) is 37.8 Å². The molecule has 0 spiro atoms. The fourth-order valence-corrected chi connectivity index (χ4v) is 5.80. The number of amides is 1. The number of fused-ring (bicyclic) bond motifs is 1. The van der Waals surface area contributed by atoms with Crippen LogP contribution >= 0.6 is 11.6 Å². The number of halogens is 2. The van der Waals surface area contributed by atoms with Gasteiger partial charge in [0.1, 0.15) is 5.82 Å². The number of nitrogens with zero attached hydrogens (tertiary/aromatic N) is 2. The van der Waals surface area contributed by atoms with Gasteiger partial charge in [-0.15, -0.1) is 0 Å². The van der Waals surface area contributed by atoms with Gasteiger partial charge in [-0.05, 0) is 17.7 Å². The summed E-state index contributed by atoms with van der Waals surface area (Å²) in [5.74, 6) is -0.641. The average molecular weight is 485 g/mol. The number of ether oxygens (including phenoxy) is 3. The number of carbonyl (C=O) groups is 1. The van der Waals surface area contributed by atoms with Gasteiger partial charge in [-0.2, -0.15) is 4.31 Å². The van der Waals surface area contributed by atoms with E-state index in [1.807, 2.05) is 0 Å². The quantitative estimate of drug-likeness (QED) is 0.626. The highest BCUT2D eigenvalue weighted by molar-refractivity contribution is 7.89. The van der Waals surface area contributed by atoms with Crippen LogP contribution in [-0.4, -0.2) is 64.1 Å². The molecule has 172 valence electrons. The van der Waals surface area contributed by atoms with Crippen molar-refractivity contribution in [1.29, 1.82) is 0 Å². The molecule has 2 aliphatic rings. The molecule has 0 unspecified atom stereocenters. The number of sulfonamides is 1. The zero-order valence-electron chi connectivity index (χ0n) is 17.6. The summed E-state index contributed by atoms with van der Waals surface area (Å²) in [5.41, 5.74) is 1.10. The molecular weight excluding hydrogens is 463 g/mol. The van der Waals surface area contributed by atoms with E-state index in [0.29, 0.717) is 24.3 Å². The number of methoxy groups -OCH3 is 2. The molecule has 0 saturated carbocycles. The van der Waals surface area contributed by atoms with Crippen LogP contribution in [0.1, 0.15) is 21.5 Å². The summed E-state index contributed by atoms with van der Waals surface area (Å²) in [5, 5.41) is -0.0542. The standard InChI is InChI=1S/C21H22ClFN2O6S/c1-29-17-10-18(32(27,28)25-5-7-31-8-6-25)14-12-24(21(26)19(14)20(17)30-2)11-13-3-4-16(23)15(22)9-13/h3-4,9-10H,5-8,11-12H2,1-2H3. The van der Waals surface area contributed by atoms with E-state index in [9.17, 15) is 17.6 Å². The van der Waals surface area contributed by atoms with Crippen LogP contribution in [0.3, 0.4) is 0 Å². The maximum Gasteiger partial charge on any atom is 0.258 e. The second-order valence-corrected chi connectivity index (χ2v) is 9.70. The number of hydrogen-bond acceptors (Lipinski definition) is 6. The Morgan fingerprint density at radius 2 is 1.88 bits per heavy atom. The highest BCUT2D eigenvalue weighted by atomic mass is 35.5. The average Bonchev–Trinajstić information content (AvgIpc) is 3.11. The van der Waals surface area contributed by atoms with Gasteiger partial charge < -0.3 is 19.1 Å². The molecule has 0 radical (unpaired) electrons. The van der Waals surface area contributed by atoms with Crippen molar-refractivity contribution in [2.24, 2.45) is 0 Å². The van der Waals surface area contributed by atoms with Crippen LogP contribution in [0.25, 0.3) is 0 Å². The molecule has 2 aromatic carbocycles. The molecule has 0 atom stereocenters. The van der Waals surface area contributed by atoms with Crippen molar-refractivity contribution in [1.82, 2.24) is 9.21 Å². The number of benzene rings is 2. The van der Waals surface area contributed by atoms with Crippen LogP contribution in [0.4, 0.5) is 4.39 Å². The minimum atomic E-state index is -3.91. The van der Waals surface area contributed by atoms with Gasteiger partial charge in [0.2, 0.25) is 10.0 Å². The summed E-state index contributed by atoms with van der Waals surface area (Å²) in [7, 11) is -1.13. The number of hydrogen-bond donors (Lipinski definition) is 0. The number of carbonyl (C=O) groups excluding carboxylic acids is 1. The van der Waals surface area contributed by atoms with Crippen LogP contribution in [-0.2, 0) is 27.8 Å². The third kappa shape index (κ3) is 3.92. The molecule has 2 aromatic rings. The molecule has 4 rings (SSSR count). The predicted octanol–water partition coefficient (Wildman–Crippen LogP) is 2.67. The highest BCUT2D eigenvalue weighted by Crippen LogP contribution is 2.43. The fraction of sp³-hybridized carbons (Fsp3) is 0.381. The summed E-state index contributed by atoms with van der Waals surface area (Å²) < 4.78 is 57.8. The van der Waals surface area contributed by atoms with E-state index in [4.69, 9.17) is 25.8 Å². The summed E-state index contributed by atoms with van der Waals surface area (Å²) in [6.07, 6.45) is 0. The molecule has 0 aromatic heterocycles. The Morgan fingerprint density at radius 3 is 2.50 bits per heavy atom. The van der Waals surface area contributed by atoms with E-state index >= 15 is 0 Å². The van der Waals surface area contributed by atoms with E-state index in [2.05, 4.69) is 0 Å². The van der Waals surface area contributed by atoms with Gasteiger partial charge in [-0.1, -0.05) is 17.7 Å². The van der Waals surface area contributed by atoms with Crippen molar-refractivity contribution < 1.29 is 31.8 Å². The minimum Gasteiger partial charge on any atom is -0.493 e. The second-order valence-electron chi connectivity index (χ2n) is 7.39. The molecule has 0 aliphatic carbocycles. The highest BCUT2D eigenvalue weighted by Gasteiger charge is 2.40. The Kier molecular flexibility index (Phi) is 6.30. The largest absolute Gasteiger partial charge is 0.493 e. The molecule has 0 bridgehead atoms. The van der Waals surface area contributed by atoms with Gasteiger partial charge >= 0.3 is 0 Å². The number of rotatable bonds is 6. The van der Waals surface area contributed by atoms with Crippen LogP contribution in [0.5, 0.6) is 11.5 Å². The first-order valence-corrected chi connectivity index (χ1v) is 11.7. The van der Waals surface area contributed by atoms with E-state index in [-0.39, 0.29) is 53.2 Å². The molecule has 11 heteroatoms. The third-order valence-electron chi connectivity index (χ3n) is 5.53. The maximum atomic E-state index is 13.5. The smallest absolute Gasteiger partial charge is 0.258 e. The summed E-state index contributed by atoms with van der Waals surface area (Å²) in [6.45, 7) is 1.20. The van der Waals surface area contributed by atoms with E-state index in [0.717, 1.165) is 0 Å². The molecule has 1 amide bonds. The topological polar surface area (TPSA) is 85.4 Å². The van der Waals surface area contributed by atoms with Crippen molar-refractivity contribution in [3.63, 3.8) is 0 Å². The van der Waals surface area contributed by atoms with Gasteiger partial charge in [0.05, 0.1) is 42.9 Å². The Morgan fingerprint density at radius 1 is 1.16 bits per heavy atom. The number of morpholine rings is 1. The van der Waals surface area contributed by atoms with Crippen molar-refractivity contribution in [2.45, 2.75) is 18.0 Å². The Balaban J connectivity index is 1.78. The lowest BCUT2D eigenvalue weighted by atomic mass is 10.1. The van der Waals surface area contributed by atoms with Gasteiger partial charge in [0.25, 0.3) is 5.91 Å². The second kappa shape index (κ2) is 8.86. The van der Waals surface area contributed by atoms with Crippen molar-refractivity contribution in [3.8, 4) is 11.5 Å². The summed E-state index contributed by atoms with van der Waals surface area (Å²) >= 11 is 5.87. The monoisotopic (exact) mass is 484 g/mol. The van der Waals surface area contributed by atoms with Crippen LogP contribution < -0.4 is 9.47 Å². The van der Waals surface area contributed by atoms with Crippen molar-refractivity contribution >= 4 is 27.5 Å². The molecule has 1 fully saturated rings. The molecule has 1 saturated heterocycles.